The van der Waals surface area contributed by atoms with Crippen LogP contribution in [0.2, 0.25) is 0 Å². The maximum atomic E-state index is 4.78. The Morgan fingerprint density at radius 1 is 0.826 bits per heavy atom. The van der Waals surface area contributed by atoms with Gasteiger partial charge in [0, 0.05) is 18.5 Å². The van der Waals surface area contributed by atoms with Crippen LogP contribution in [-0.4, -0.2) is 27.6 Å². The van der Waals surface area contributed by atoms with Crippen molar-refractivity contribution in [3.8, 4) is 0 Å². The third-order valence-corrected chi connectivity index (χ3v) is 4.64. The van der Waals surface area contributed by atoms with E-state index in [1.807, 2.05) is 24.5 Å². The summed E-state index contributed by atoms with van der Waals surface area (Å²) in [5.41, 5.74) is 3.33. The molecule has 2 aromatic heterocycles. The van der Waals surface area contributed by atoms with Gasteiger partial charge in [-0.2, -0.15) is 0 Å². The summed E-state index contributed by atoms with van der Waals surface area (Å²) in [6, 6.07) is 21.3. The number of anilines is 1. The molecule has 1 aliphatic heterocycles. The smallest absolute Gasteiger partial charge is 0.129 e. The molecule has 0 spiro atoms. The van der Waals surface area contributed by atoms with Crippen LogP contribution in [0.4, 0.5) is 5.82 Å². The van der Waals surface area contributed by atoms with Crippen molar-refractivity contribution in [2.24, 2.45) is 0 Å². The lowest BCUT2D eigenvalue weighted by atomic mass is 10.1. The fourth-order valence-corrected chi connectivity index (χ4v) is 3.32. The molecule has 0 bridgehead atoms. The fraction of sp³-hybridized carbons (Fsp3) is 0.158. The van der Waals surface area contributed by atoms with Crippen molar-refractivity contribution < 1.29 is 0 Å². The molecule has 1 fully saturated rings. The lowest BCUT2D eigenvalue weighted by Gasteiger charge is -2.41. The van der Waals surface area contributed by atoms with Gasteiger partial charge in [-0.25, -0.2) is 9.97 Å². The second-order valence-electron chi connectivity index (χ2n) is 6.06. The lowest BCUT2D eigenvalue weighted by molar-refractivity contribution is 0.405. The predicted molar refractivity (Wildman–Crippen MR) is 92.7 cm³/mol. The van der Waals surface area contributed by atoms with Gasteiger partial charge in [0.25, 0.3) is 0 Å². The van der Waals surface area contributed by atoms with Crippen LogP contribution >= 0.6 is 0 Å². The van der Waals surface area contributed by atoms with E-state index in [0.29, 0.717) is 6.04 Å². The Morgan fingerprint density at radius 3 is 2.52 bits per heavy atom. The molecule has 0 atom stereocenters. The molecule has 4 aromatic rings. The van der Waals surface area contributed by atoms with Crippen LogP contribution in [0.5, 0.6) is 0 Å². The zero-order valence-corrected chi connectivity index (χ0v) is 12.6. The molecule has 0 aliphatic carbocycles. The Bertz CT molecular complexity index is 998. The van der Waals surface area contributed by atoms with Crippen LogP contribution in [0.3, 0.4) is 0 Å². The summed E-state index contributed by atoms with van der Waals surface area (Å²) in [5, 5.41) is 1.19. The first-order chi connectivity index (χ1) is 11.4. The van der Waals surface area contributed by atoms with E-state index in [-0.39, 0.29) is 0 Å². The van der Waals surface area contributed by atoms with Gasteiger partial charge in [-0.3, -0.25) is 0 Å². The summed E-state index contributed by atoms with van der Waals surface area (Å²) >= 11 is 0. The average molecular weight is 300 g/mol. The van der Waals surface area contributed by atoms with Gasteiger partial charge in [-0.05, 0) is 30.3 Å². The molecular weight excluding hydrogens is 284 g/mol. The van der Waals surface area contributed by atoms with Crippen molar-refractivity contribution in [3.05, 3.63) is 67.0 Å². The van der Waals surface area contributed by atoms with Crippen LogP contribution in [0.25, 0.3) is 21.9 Å². The molecule has 2 aromatic carbocycles. The molecule has 5 rings (SSSR count). The maximum Gasteiger partial charge on any atom is 0.129 e. The van der Waals surface area contributed by atoms with Crippen molar-refractivity contribution >= 4 is 27.8 Å². The van der Waals surface area contributed by atoms with Crippen molar-refractivity contribution in [3.63, 3.8) is 0 Å². The van der Waals surface area contributed by atoms with Gasteiger partial charge < -0.3 is 9.47 Å². The zero-order valence-electron chi connectivity index (χ0n) is 12.6. The van der Waals surface area contributed by atoms with Gasteiger partial charge >= 0.3 is 0 Å². The summed E-state index contributed by atoms with van der Waals surface area (Å²) in [6.45, 7) is 1.96. The third-order valence-electron chi connectivity index (χ3n) is 4.64. The molecule has 1 aliphatic rings. The number of para-hydroxylation sites is 3. The SMILES string of the molecule is c1ccc2nc(N3CC(n4cnc5ccccc54)C3)ccc2c1. The Balaban J connectivity index is 1.41. The second kappa shape index (κ2) is 4.81. The number of pyridine rings is 1. The summed E-state index contributed by atoms with van der Waals surface area (Å²) < 4.78 is 2.28. The molecule has 23 heavy (non-hydrogen) atoms. The minimum atomic E-state index is 0.468. The van der Waals surface area contributed by atoms with Crippen molar-refractivity contribution in [2.45, 2.75) is 6.04 Å². The number of imidazole rings is 1. The van der Waals surface area contributed by atoms with E-state index in [1.54, 1.807) is 0 Å². The van der Waals surface area contributed by atoms with Gasteiger partial charge in [0.05, 0.1) is 28.9 Å². The van der Waals surface area contributed by atoms with Crippen LogP contribution in [0.15, 0.2) is 67.0 Å². The summed E-state index contributed by atoms with van der Waals surface area (Å²) in [6.07, 6.45) is 1.96. The average Bonchev–Trinajstić information content (AvgIpc) is 2.98. The molecule has 0 saturated carbocycles. The predicted octanol–water partition coefficient (Wildman–Crippen LogP) is 3.65. The minimum Gasteiger partial charge on any atom is -0.352 e. The van der Waals surface area contributed by atoms with E-state index in [9.17, 15) is 0 Å². The summed E-state index contributed by atoms with van der Waals surface area (Å²) in [7, 11) is 0. The van der Waals surface area contributed by atoms with Crippen molar-refractivity contribution in [1.82, 2.24) is 14.5 Å². The van der Waals surface area contributed by atoms with Gasteiger partial charge in [-0.15, -0.1) is 0 Å². The number of aromatic nitrogens is 3. The number of fused-ring (bicyclic) bond motifs is 2. The molecule has 112 valence electrons. The van der Waals surface area contributed by atoms with E-state index in [4.69, 9.17) is 4.98 Å². The number of nitrogens with zero attached hydrogens (tertiary/aromatic N) is 4. The molecule has 0 radical (unpaired) electrons. The zero-order chi connectivity index (χ0) is 15.2. The lowest BCUT2D eigenvalue weighted by Crippen LogP contribution is -2.48. The Kier molecular flexibility index (Phi) is 2.65. The van der Waals surface area contributed by atoms with Gasteiger partial charge in [0.15, 0.2) is 0 Å². The van der Waals surface area contributed by atoms with E-state index in [1.165, 1.54) is 10.9 Å². The van der Waals surface area contributed by atoms with E-state index >= 15 is 0 Å². The summed E-state index contributed by atoms with van der Waals surface area (Å²) in [5.74, 6) is 1.06. The van der Waals surface area contributed by atoms with Gasteiger partial charge in [0.2, 0.25) is 0 Å². The number of hydrogen-bond donors (Lipinski definition) is 0. The number of benzene rings is 2. The molecule has 4 heteroatoms. The molecule has 0 unspecified atom stereocenters. The minimum absolute atomic E-state index is 0.468. The quantitative estimate of drug-likeness (QED) is 0.567. The third kappa shape index (κ3) is 1.99. The Hall–Kier alpha value is -2.88. The van der Waals surface area contributed by atoms with Gasteiger partial charge in [-0.1, -0.05) is 30.3 Å². The molecular formula is C19H16N4. The van der Waals surface area contributed by atoms with E-state index < -0.39 is 0 Å². The molecule has 0 N–H and O–H groups in total. The van der Waals surface area contributed by atoms with Crippen molar-refractivity contribution in [1.29, 1.82) is 0 Å². The highest BCUT2D eigenvalue weighted by Crippen LogP contribution is 2.30. The second-order valence-corrected chi connectivity index (χ2v) is 6.06. The Labute approximate surface area is 134 Å². The highest BCUT2D eigenvalue weighted by molar-refractivity contribution is 5.80. The highest BCUT2D eigenvalue weighted by atomic mass is 15.3. The number of rotatable bonds is 2. The normalized spacial score (nSPS) is 15.2. The molecule has 1 saturated heterocycles. The topological polar surface area (TPSA) is 34.0 Å². The number of hydrogen-bond acceptors (Lipinski definition) is 3. The monoisotopic (exact) mass is 300 g/mol. The molecule has 3 heterocycles. The van der Waals surface area contributed by atoms with Crippen molar-refractivity contribution in [2.75, 3.05) is 18.0 Å². The fourth-order valence-electron chi connectivity index (χ4n) is 3.32. The standard InChI is InChI=1S/C19H16N4/c1-2-6-16-14(5-1)9-10-19(21-16)22-11-15(12-22)23-13-20-17-7-3-4-8-18(17)23/h1-10,13,15H,11-12H2. The van der Waals surface area contributed by atoms with Crippen LogP contribution in [0, 0.1) is 0 Å². The van der Waals surface area contributed by atoms with Crippen LogP contribution in [-0.2, 0) is 0 Å². The first kappa shape index (κ1) is 12.6. The first-order valence-electron chi connectivity index (χ1n) is 7.91. The molecule has 4 nitrogen and oxygen atoms in total. The van der Waals surface area contributed by atoms with E-state index in [0.717, 1.165) is 29.9 Å². The largest absolute Gasteiger partial charge is 0.352 e. The van der Waals surface area contributed by atoms with E-state index in [2.05, 4.69) is 56.9 Å². The molecule has 0 amide bonds. The first-order valence-corrected chi connectivity index (χ1v) is 7.91. The van der Waals surface area contributed by atoms with Gasteiger partial charge in [0.1, 0.15) is 5.82 Å². The highest BCUT2D eigenvalue weighted by Gasteiger charge is 2.30. The Morgan fingerprint density at radius 2 is 1.61 bits per heavy atom. The van der Waals surface area contributed by atoms with Crippen LogP contribution in [0.1, 0.15) is 6.04 Å². The van der Waals surface area contributed by atoms with Crippen LogP contribution < -0.4 is 4.90 Å². The maximum absolute atomic E-state index is 4.78. The summed E-state index contributed by atoms with van der Waals surface area (Å²) in [4.78, 5) is 11.6.